The minimum Gasteiger partial charge on any atom is -0.493 e. The molecule has 24 heavy (non-hydrogen) atoms. The summed E-state index contributed by atoms with van der Waals surface area (Å²) in [6.45, 7) is 7.24. The van der Waals surface area contributed by atoms with E-state index in [1.807, 2.05) is 55.7 Å². The number of ether oxygens (including phenoxy) is 2. The van der Waals surface area contributed by atoms with E-state index in [0.29, 0.717) is 6.61 Å². The standard InChI is InChI=1S/C20H26N2O2/c1-2-23-16-20(17-24-19-8-4-3-5-9-19)10-12-22(15-20)14-18-7-6-11-21-13-18/h3-9,11,13H,2,10,12,14-17H2,1H3/t20-/m0/s1. The minimum atomic E-state index is 0.0636. The van der Waals surface area contributed by atoms with Crippen molar-refractivity contribution in [2.45, 2.75) is 19.9 Å². The first-order valence-corrected chi connectivity index (χ1v) is 8.66. The molecular weight excluding hydrogens is 300 g/mol. The second kappa shape index (κ2) is 8.27. The predicted molar refractivity (Wildman–Crippen MR) is 95.0 cm³/mol. The Morgan fingerprint density at radius 2 is 2.00 bits per heavy atom. The zero-order valence-corrected chi connectivity index (χ0v) is 14.4. The van der Waals surface area contributed by atoms with Crippen molar-refractivity contribution in [3.8, 4) is 5.75 Å². The van der Waals surface area contributed by atoms with Crippen molar-refractivity contribution in [1.29, 1.82) is 0 Å². The number of benzene rings is 1. The van der Waals surface area contributed by atoms with E-state index in [0.717, 1.165) is 45.0 Å². The Kier molecular flexibility index (Phi) is 5.83. The SMILES string of the molecule is CCOC[C@]1(COc2ccccc2)CCN(Cc2cccnc2)C1. The summed E-state index contributed by atoms with van der Waals surface area (Å²) in [7, 11) is 0. The van der Waals surface area contributed by atoms with E-state index in [-0.39, 0.29) is 5.41 Å². The third-order valence-electron chi connectivity index (χ3n) is 4.55. The number of nitrogens with zero attached hydrogens (tertiary/aromatic N) is 2. The van der Waals surface area contributed by atoms with Crippen LogP contribution in [-0.2, 0) is 11.3 Å². The highest BCUT2D eigenvalue weighted by molar-refractivity contribution is 5.21. The largest absolute Gasteiger partial charge is 0.493 e. The fraction of sp³-hybridized carbons (Fsp3) is 0.450. The molecule has 0 spiro atoms. The lowest BCUT2D eigenvalue weighted by Crippen LogP contribution is -2.37. The number of rotatable bonds is 8. The number of para-hydroxylation sites is 1. The first-order valence-electron chi connectivity index (χ1n) is 8.66. The monoisotopic (exact) mass is 326 g/mol. The van der Waals surface area contributed by atoms with Crippen LogP contribution in [0.5, 0.6) is 5.75 Å². The molecule has 0 radical (unpaired) electrons. The van der Waals surface area contributed by atoms with E-state index in [9.17, 15) is 0 Å². The van der Waals surface area contributed by atoms with Crippen LogP contribution in [0, 0.1) is 5.41 Å². The summed E-state index contributed by atoms with van der Waals surface area (Å²) in [6, 6.07) is 14.2. The van der Waals surface area contributed by atoms with Crippen molar-refractivity contribution < 1.29 is 9.47 Å². The average molecular weight is 326 g/mol. The molecule has 0 amide bonds. The van der Waals surface area contributed by atoms with Gasteiger partial charge in [0.05, 0.1) is 13.2 Å². The van der Waals surface area contributed by atoms with Crippen molar-refractivity contribution in [2.75, 3.05) is 32.9 Å². The van der Waals surface area contributed by atoms with Crippen molar-refractivity contribution in [1.82, 2.24) is 9.88 Å². The molecule has 3 rings (SSSR count). The van der Waals surface area contributed by atoms with Gasteiger partial charge in [-0.25, -0.2) is 0 Å². The lowest BCUT2D eigenvalue weighted by Gasteiger charge is -2.29. The van der Waals surface area contributed by atoms with Gasteiger partial charge in [0.2, 0.25) is 0 Å². The molecule has 0 bridgehead atoms. The van der Waals surface area contributed by atoms with Crippen LogP contribution in [0.25, 0.3) is 0 Å². The van der Waals surface area contributed by atoms with Gasteiger partial charge in [-0.15, -0.1) is 0 Å². The van der Waals surface area contributed by atoms with Crippen LogP contribution in [-0.4, -0.2) is 42.8 Å². The van der Waals surface area contributed by atoms with E-state index in [1.165, 1.54) is 5.56 Å². The average Bonchev–Trinajstić information content (AvgIpc) is 3.03. The minimum absolute atomic E-state index is 0.0636. The van der Waals surface area contributed by atoms with E-state index in [4.69, 9.17) is 9.47 Å². The summed E-state index contributed by atoms with van der Waals surface area (Å²) in [5, 5.41) is 0. The van der Waals surface area contributed by atoms with Crippen LogP contribution in [0.1, 0.15) is 18.9 Å². The summed E-state index contributed by atoms with van der Waals surface area (Å²) >= 11 is 0. The molecule has 2 heterocycles. The summed E-state index contributed by atoms with van der Waals surface area (Å²) in [5.74, 6) is 0.930. The van der Waals surface area contributed by atoms with Gasteiger partial charge in [0.1, 0.15) is 5.75 Å². The van der Waals surface area contributed by atoms with Crippen LogP contribution >= 0.6 is 0 Å². The van der Waals surface area contributed by atoms with E-state index < -0.39 is 0 Å². The molecule has 0 unspecified atom stereocenters. The van der Waals surface area contributed by atoms with Crippen molar-refractivity contribution in [2.24, 2.45) is 5.41 Å². The lowest BCUT2D eigenvalue weighted by atomic mass is 9.89. The van der Waals surface area contributed by atoms with E-state index >= 15 is 0 Å². The molecule has 1 fully saturated rings. The molecule has 1 aromatic carbocycles. The van der Waals surface area contributed by atoms with Crippen LogP contribution in [0.2, 0.25) is 0 Å². The molecule has 1 aromatic heterocycles. The molecule has 4 nitrogen and oxygen atoms in total. The van der Waals surface area contributed by atoms with E-state index in [2.05, 4.69) is 16.0 Å². The van der Waals surface area contributed by atoms with Crippen molar-refractivity contribution in [3.05, 3.63) is 60.4 Å². The Bertz CT molecular complexity index is 606. The molecule has 2 aromatic rings. The maximum Gasteiger partial charge on any atom is 0.119 e. The van der Waals surface area contributed by atoms with Gasteiger partial charge >= 0.3 is 0 Å². The number of likely N-dealkylation sites (tertiary alicyclic amines) is 1. The van der Waals surface area contributed by atoms with Gasteiger partial charge in [-0.1, -0.05) is 24.3 Å². The van der Waals surface area contributed by atoms with Gasteiger partial charge in [-0.05, 0) is 43.7 Å². The Morgan fingerprint density at radius 3 is 2.75 bits per heavy atom. The first-order chi connectivity index (χ1) is 11.8. The van der Waals surface area contributed by atoms with Crippen LogP contribution in [0.3, 0.4) is 0 Å². The molecule has 1 saturated heterocycles. The molecule has 1 aliphatic heterocycles. The van der Waals surface area contributed by atoms with Crippen LogP contribution in [0.15, 0.2) is 54.9 Å². The Morgan fingerprint density at radius 1 is 1.12 bits per heavy atom. The highest BCUT2D eigenvalue weighted by atomic mass is 16.5. The normalized spacial score (nSPS) is 21.0. The lowest BCUT2D eigenvalue weighted by molar-refractivity contribution is 0.0234. The fourth-order valence-electron chi connectivity index (χ4n) is 3.26. The van der Waals surface area contributed by atoms with Crippen LogP contribution in [0.4, 0.5) is 0 Å². The number of hydrogen-bond acceptors (Lipinski definition) is 4. The molecule has 0 N–H and O–H groups in total. The molecule has 0 saturated carbocycles. The quantitative estimate of drug-likeness (QED) is 0.745. The number of pyridine rings is 1. The first kappa shape index (κ1) is 16.9. The summed E-state index contributed by atoms with van der Waals surface area (Å²) in [5.41, 5.74) is 1.32. The van der Waals surface area contributed by atoms with Crippen molar-refractivity contribution in [3.63, 3.8) is 0 Å². The van der Waals surface area contributed by atoms with Crippen molar-refractivity contribution >= 4 is 0 Å². The zero-order chi connectivity index (χ0) is 16.7. The zero-order valence-electron chi connectivity index (χ0n) is 14.4. The molecular formula is C20H26N2O2. The smallest absolute Gasteiger partial charge is 0.119 e. The van der Waals surface area contributed by atoms with Gasteiger partial charge in [0.25, 0.3) is 0 Å². The Labute approximate surface area is 144 Å². The fourth-order valence-corrected chi connectivity index (χ4v) is 3.26. The van der Waals surface area contributed by atoms with Gasteiger partial charge in [-0.3, -0.25) is 9.88 Å². The molecule has 0 aliphatic carbocycles. The summed E-state index contributed by atoms with van der Waals surface area (Å²) < 4.78 is 11.9. The maximum atomic E-state index is 6.07. The third kappa shape index (κ3) is 4.56. The van der Waals surface area contributed by atoms with Crippen LogP contribution < -0.4 is 4.74 Å². The maximum absolute atomic E-state index is 6.07. The van der Waals surface area contributed by atoms with Gasteiger partial charge in [-0.2, -0.15) is 0 Å². The molecule has 128 valence electrons. The highest BCUT2D eigenvalue weighted by Gasteiger charge is 2.39. The van der Waals surface area contributed by atoms with Gasteiger partial charge in [0.15, 0.2) is 0 Å². The second-order valence-corrected chi connectivity index (χ2v) is 6.56. The predicted octanol–water partition coefficient (Wildman–Crippen LogP) is 3.39. The molecule has 1 aliphatic rings. The van der Waals surface area contributed by atoms with E-state index in [1.54, 1.807) is 0 Å². The Balaban J connectivity index is 1.61. The topological polar surface area (TPSA) is 34.6 Å². The van der Waals surface area contributed by atoms with Gasteiger partial charge < -0.3 is 9.47 Å². The van der Waals surface area contributed by atoms with Gasteiger partial charge in [0, 0.05) is 37.5 Å². The molecule has 1 atom stereocenters. The summed E-state index contributed by atoms with van der Waals surface area (Å²) in [4.78, 5) is 6.69. The summed E-state index contributed by atoms with van der Waals surface area (Å²) in [6.07, 6.45) is 4.86. The number of aromatic nitrogens is 1. The Hall–Kier alpha value is -1.91. The second-order valence-electron chi connectivity index (χ2n) is 6.56. The third-order valence-corrected chi connectivity index (χ3v) is 4.55. The highest BCUT2D eigenvalue weighted by Crippen LogP contribution is 2.32. The number of hydrogen-bond donors (Lipinski definition) is 0. The molecule has 4 heteroatoms.